The molecule has 3 aromatic carbocycles. The predicted molar refractivity (Wildman–Crippen MR) is 161 cm³/mol. The van der Waals surface area contributed by atoms with E-state index in [0.717, 1.165) is 15.4 Å². The molecule has 2 amide bonds. The Labute approximate surface area is 247 Å². The van der Waals surface area contributed by atoms with Gasteiger partial charge in [-0.3, -0.25) is 13.9 Å². The van der Waals surface area contributed by atoms with Crippen LogP contribution in [0.15, 0.2) is 71.6 Å². The maximum atomic E-state index is 14.0. The number of sulfonamides is 1. The lowest BCUT2D eigenvalue weighted by atomic mass is 10.1. The van der Waals surface area contributed by atoms with Gasteiger partial charge in [0.25, 0.3) is 10.0 Å². The summed E-state index contributed by atoms with van der Waals surface area (Å²) in [4.78, 5) is 28.6. The summed E-state index contributed by atoms with van der Waals surface area (Å²) in [7, 11) is -4.14. The number of nitrogens with one attached hydrogen (secondary N) is 1. The molecule has 40 heavy (non-hydrogen) atoms. The number of anilines is 1. The predicted octanol–water partition coefficient (Wildman–Crippen LogP) is 6.14. The Morgan fingerprint density at radius 1 is 0.900 bits per heavy atom. The van der Waals surface area contributed by atoms with Gasteiger partial charge in [0, 0.05) is 27.7 Å². The van der Waals surface area contributed by atoms with Crippen molar-refractivity contribution in [3.63, 3.8) is 0 Å². The Bertz CT molecular complexity index is 1470. The fourth-order valence-electron chi connectivity index (χ4n) is 4.04. The number of rotatable bonds is 9. The van der Waals surface area contributed by atoms with Crippen molar-refractivity contribution in [2.45, 2.75) is 64.6 Å². The van der Waals surface area contributed by atoms with Gasteiger partial charge >= 0.3 is 0 Å². The van der Waals surface area contributed by atoms with Crippen LogP contribution < -0.4 is 9.62 Å². The average Bonchev–Trinajstić information content (AvgIpc) is 2.88. The highest BCUT2D eigenvalue weighted by Crippen LogP contribution is 2.29. The zero-order chi connectivity index (χ0) is 29.8. The first-order chi connectivity index (χ1) is 18.6. The van der Waals surface area contributed by atoms with E-state index in [1.165, 1.54) is 17.0 Å². The van der Waals surface area contributed by atoms with Gasteiger partial charge in [0.2, 0.25) is 11.8 Å². The van der Waals surface area contributed by atoms with Gasteiger partial charge in [-0.2, -0.15) is 0 Å². The van der Waals surface area contributed by atoms with E-state index in [1.54, 1.807) is 55.5 Å². The van der Waals surface area contributed by atoms with Gasteiger partial charge in [0.15, 0.2) is 0 Å². The monoisotopic (exact) mass is 603 g/mol. The molecule has 0 saturated heterocycles. The summed E-state index contributed by atoms with van der Waals surface area (Å²) < 4.78 is 28.8. The van der Waals surface area contributed by atoms with E-state index in [0.29, 0.717) is 21.3 Å². The van der Waals surface area contributed by atoms with E-state index in [1.807, 2.05) is 40.7 Å². The topological polar surface area (TPSA) is 86.8 Å². The van der Waals surface area contributed by atoms with Gasteiger partial charge in [0.05, 0.1) is 10.6 Å². The zero-order valence-electron chi connectivity index (χ0n) is 23.5. The minimum absolute atomic E-state index is 0.0419. The van der Waals surface area contributed by atoms with Crippen molar-refractivity contribution >= 4 is 50.7 Å². The zero-order valence-corrected chi connectivity index (χ0v) is 25.9. The number of hydrogen-bond acceptors (Lipinski definition) is 4. The number of nitrogens with zero attached hydrogens (tertiary/aromatic N) is 2. The van der Waals surface area contributed by atoms with Crippen LogP contribution in [0.2, 0.25) is 10.0 Å². The van der Waals surface area contributed by atoms with E-state index < -0.39 is 40.0 Å². The first-order valence-corrected chi connectivity index (χ1v) is 15.0. The van der Waals surface area contributed by atoms with E-state index in [9.17, 15) is 18.0 Å². The summed E-state index contributed by atoms with van der Waals surface area (Å²) in [6.07, 6.45) is 0. The number of halogens is 2. The molecule has 0 aromatic heterocycles. The average molecular weight is 605 g/mol. The van der Waals surface area contributed by atoms with Crippen molar-refractivity contribution in [2.24, 2.45) is 0 Å². The first kappa shape index (κ1) is 31.5. The van der Waals surface area contributed by atoms with Gasteiger partial charge < -0.3 is 10.2 Å². The molecule has 0 unspecified atom stereocenters. The van der Waals surface area contributed by atoms with Gasteiger partial charge in [-0.1, -0.05) is 53.5 Å². The summed E-state index contributed by atoms with van der Waals surface area (Å²) in [5, 5.41) is 3.55. The molecule has 0 aliphatic rings. The molecule has 0 heterocycles. The third-order valence-corrected chi connectivity index (χ3v) is 8.94. The smallest absolute Gasteiger partial charge is 0.264 e. The molecule has 0 aliphatic carbocycles. The molecular weight excluding hydrogens is 569 g/mol. The maximum absolute atomic E-state index is 14.0. The van der Waals surface area contributed by atoms with Gasteiger partial charge in [-0.05, 0) is 89.1 Å². The van der Waals surface area contributed by atoms with Crippen LogP contribution in [-0.4, -0.2) is 43.3 Å². The Morgan fingerprint density at radius 2 is 1.50 bits per heavy atom. The van der Waals surface area contributed by atoms with Crippen LogP contribution >= 0.6 is 23.2 Å². The van der Waals surface area contributed by atoms with E-state index in [-0.39, 0.29) is 11.4 Å². The van der Waals surface area contributed by atoms with Crippen molar-refractivity contribution in [3.05, 3.63) is 93.5 Å². The van der Waals surface area contributed by atoms with Crippen molar-refractivity contribution < 1.29 is 18.0 Å². The molecule has 10 heteroatoms. The number of carbonyl (C=O) groups is 2. The highest BCUT2D eigenvalue weighted by Gasteiger charge is 2.34. The van der Waals surface area contributed by atoms with Crippen molar-refractivity contribution in [3.8, 4) is 0 Å². The summed E-state index contributed by atoms with van der Waals surface area (Å²) in [6.45, 7) is 10.3. The van der Waals surface area contributed by atoms with Crippen LogP contribution in [0.25, 0.3) is 0 Å². The summed E-state index contributed by atoms with van der Waals surface area (Å²) in [5.74, 6) is -0.988. The molecule has 1 atom stereocenters. The highest BCUT2D eigenvalue weighted by molar-refractivity contribution is 7.92. The van der Waals surface area contributed by atoms with Crippen molar-refractivity contribution in [1.82, 2.24) is 10.2 Å². The molecule has 1 N–H and O–H groups in total. The van der Waals surface area contributed by atoms with Gasteiger partial charge in [0.1, 0.15) is 12.6 Å². The molecule has 0 bridgehead atoms. The minimum Gasteiger partial charge on any atom is -0.350 e. The molecule has 3 rings (SSSR count). The van der Waals surface area contributed by atoms with Crippen LogP contribution in [0.3, 0.4) is 0 Å². The lowest BCUT2D eigenvalue weighted by Crippen LogP contribution is -2.54. The second kappa shape index (κ2) is 12.6. The largest absolute Gasteiger partial charge is 0.350 e. The Balaban J connectivity index is 2.09. The Morgan fingerprint density at radius 3 is 2.05 bits per heavy atom. The fourth-order valence-corrected chi connectivity index (χ4v) is 5.98. The molecule has 0 saturated carbocycles. The van der Waals surface area contributed by atoms with Crippen LogP contribution in [0.5, 0.6) is 0 Å². The molecule has 0 aliphatic heterocycles. The molecule has 214 valence electrons. The van der Waals surface area contributed by atoms with Crippen molar-refractivity contribution in [2.75, 3.05) is 10.8 Å². The lowest BCUT2D eigenvalue weighted by Gasteiger charge is -2.34. The standard InChI is InChI=1S/C30H35Cl2N3O4S/c1-20-15-16-23(17-21(20)2)35(40(38,39)24-11-8-7-9-12-24)19-28(36)34(22(3)29(37)33-30(4,5)6)18-25-26(31)13-10-14-27(25)32/h7-17,22H,18-19H2,1-6H3,(H,33,37)/t22-/m1/s1. The lowest BCUT2D eigenvalue weighted by molar-refractivity contribution is -0.140. The van der Waals surface area contributed by atoms with E-state index in [4.69, 9.17) is 23.2 Å². The number of aryl methyl sites for hydroxylation is 2. The first-order valence-electron chi connectivity index (χ1n) is 12.8. The van der Waals surface area contributed by atoms with Crippen LogP contribution in [0, 0.1) is 13.8 Å². The van der Waals surface area contributed by atoms with E-state index >= 15 is 0 Å². The Kier molecular flexibility index (Phi) is 9.93. The summed E-state index contributed by atoms with van der Waals surface area (Å²) >= 11 is 12.9. The molecule has 7 nitrogen and oxygen atoms in total. The van der Waals surface area contributed by atoms with Crippen molar-refractivity contribution in [1.29, 1.82) is 0 Å². The normalized spacial score (nSPS) is 12.5. The molecular formula is C30H35Cl2N3O4S. The van der Waals surface area contributed by atoms with E-state index in [2.05, 4.69) is 5.32 Å². The Hall–Kier alpha value is -3.07. The number of amides is 2. The van der Waals surface area contributed by atoms with Gasteiger partial charge in [-0.15, -0.1) is 0 Å². The fraction of sp³-hybridized carbons (Fsp3) is 0.333. The second-order valence-electron chi connectivity index (χ2n) is 10.7. The second-order valence-corrected chi connectivity index (χ2v) is 13.4. The molecule has 0 fully saturated rings. The molecule has 0 radical (unpaired) electrons. The van der Waals surface area contributed by atoms with Crippen LogP contribution in [-0.2, 0) is 26.2 Å². The SMILES string of the molecule is Cc1ccc(N(CC(=O)N(Cc2c(Cl)cccc2Cl)[C@H](C)C(=O)NC(C)(C)C)S(=O)(=O)c2ccccc2)cc1C. The molecule has 3 aromatic rings. The maximum Gasteiger partial charge on any atom is 0.264 e. The number of benzene rings is 3. The minimum atomic E-state index is -4.14. The quantitative estimate of drug-likeness (QED) is 0.318. The molecule has 0 spiro atoms. The number of hydrogen-bond donors (Lipinski definition) is 1. The summed E-state index contributed by atoms with van der Waals surface area (Å²) in [5.41, 5.74) is 2.09. The van der Waals surface area contributed by atoms with Crippen LogP contribution in [0.1, 0.15) is 44.4 Å². The third-order valence-electron chi connectivity index (χ3n) is 6.44. The van der Waals surface area contributed by atoms with Crippen LogP contribution in [0.4, 0.5) is 5.69 Å². The van der Waals surface area contributed by atoms with Gasteiger partial charge in [-0.25, -0.2) is 8.42 Å². The third kappa shape index (κ3) is 7.56. The highest BCUT2D eigenvalue weighted by atomic mass is 35.5. The number of carbonyl (C=O) groups excluding carboxylic acids is 2. The summed E-state index contributed by atoms with van der Waals surface area (Å²) in [6, 6.07) is 17.1.